The van der Waals surface area contributed by atoms with Crippen molar-refractivity contribution < 1.29 is 4.74 Å². The van der Waals surface area contributed by atoms with Crippen LogP contribution in [-0.2, 0) is 6.54 Å². The fraction of sp³-hybridized carbons (Fsp3) is 0.357. The van der Waals surface area contributed by atoms with Gasteiger partial charge in [-0.05, 0) is 40.0 Å². The Balaban J connectivity index is 2.44. The molecule has 1 atom stereocenters. The van der Waals surface area contributed by atoms with Gasteiger partial charge in [-0.25, -0.2) is 5.43 Å². The third kappa shape index (κ3) is 3.40. The lowest BCUT2D eigenvalue weighted by molar-refractivity contribution is 0.411. The number of hydrogen-bond acceptors (Lipinski definition) is 4. The molecule has 0 saturated carbocycles. The first kappa shape index (κ1) is 16.3. The van der Waals surface area contributed by atoms with E-state index in [1.54, 1.807) is 13.3 Å². The zero-order chi connectivity index (χ0) is 15.4. The van der Waals surface area contributed by atoms with Gasteiger partial charge in [0, 0.05) is 6.54 Å². The van der Waals surface area contributed by atoms with Crippen molar-refractivity contribution in [3.8, 4) is 5.75 Å². The van der Waals surface area contributed by atoms with E-state index in [1.807, 2.05) is 22.9 Å². The molecule has 0 spiro atoms. The number of hydrogen-bond donors (Lipinski definition) is 2. The van der Waals surface area contributed by atoms with Gasteiger partial charge >= 0.3 is 0 Å². The maximum absolute atomic E-state index is 6.29. The summed E-state index contributed by atoms with van der Waals surface area (Å²) >= 11 is 9.77. The Morgan fingerprint density at radius 1 is 1.52 bits per heavy atom. The van der Waals surface area contributed by atoms with Gasteiger partial charge in [0.15, 0.2) is 0 Å². The summed E-state index contributed by atoms with van der Waals surface area (Å²) in [6, 6.07) is 5.56. The highest BCUT2D eigenvalue weighted by Gasteiger charge is 2.21. The number of halogens is 2. The van der Waals surface area contributed by atoms with Crippen LogP contribution in [0.5, 0.6) is 5.75 Å². The third-order valence-corrected chi connectivity index (χ3v) is 4.13. The maximum Gasteiger partial charge on any atom is 0.133 e. The van der Waals surface area contributed by atoms with Gasteiger partial charge in [0.2, 0.25) is 0 Å². The van der Waals surface area contributed by atoms with Gasteiger partial charge < -0.3 is 4.74 Å². The van der Waals surface area contributed by atoms with Crippen LogP contribution in [0.3, 0.4) is 0 Å². The first-order valence-corrected chi connectivity index (χ1v) is 7.80. The van der Waals surface area contributed by atoms with Crippen molar-refractivity contribution in [2.45, 2.75) is 25.9 Å². The average Bonchev–Trinajstić information content (AvgIpc) is 2.82. The molecule has 1 unspecified atom stereocenters. The van der Waals surface area contributed by atoms with Crippen LogP contribution in [-0.4, -0.2) is 16.9 Å². The molecule has 0 saturated heterocycles. The number of methoxy groups -OCH3 is 1. The summed E-state index contributed by atoms with van der Waals surface area (Å²) in [6.45, 7) is 2.88. The Labute approximate surface area is 137 Å². The molecule has 0 aliphatic carbocycles. The summed E-state index contributed by atoms with van der Waals surface area (Å²) in [5.41, 5.74) is 4.65. The van der Waals surface area contributed by atoms with E-state index in [9.17, 15) is 0 Å². The van der Waals surface area contributed by atoms with Gasteiger partial charge in [0.25, 0.3) is 0 Å². The number of aromatic nitrogens is 2. The van der Waals surface area contributed by atoms with Crippen LogP contribution in [0.1, 0.15) is 30.6 Å². The van der Waals surface area contributed by atoms with E-state index in [1.165, 1.54) is 0 Å². The van der Waals surface area contributed by atoms with E-state index in [0.29, 0.717) is 5.02 Å². The van der Waals surface area contributed by atoms with Crippen molar-refractivity contribution in [2.75, 3.05) is 7.11 Å². The second-order valence-electron chi connectivity index (χ2n) is 4.59. The number of rotatable bonds is 6. The fourth-order valence-electron chi connectivity index (χ4n) is 2.24. The van der Waals surface area contributed by atoms with Crippen LogP contribution < -0.4 is 16.0 Å². The largest absolute Gasteiger partial charge is 0.496 e. The monoisotopic (exact) mass is 372 g/mol. The molecule has 0 aliphatic rings. The predicted octanol–water partition coefficient (Wildman–Crippen LogP) is 3.27. The zero-order valence-corrected chi connectivity index (χ0v) is 14.3. The lowest BCUT2D eigenvalue weighted by atomic mass is 10.0. The smallest absolute Gasteiger partial charge is 0.133 e. The van der Waals surface area contributed by atoms with Crippen LogP contribution >= 0.6 is 27.5 Å². The quantitative estimate of drug-likeness (QED) is 0.602. The minimum absolute atomic E-state index is 0.242. The maximum atomic E-state index is 6.29. The van der Waals surface area contributed by atoms with Crippen LogP contribution in [0.15, 0.2) is 28.9 Å². The molecular weight excluding hydrogens is 356 g/mol. The predicted molar refractivity (Wildman–Crippen MR) is 87.4 cm³/mol. The van der Waals surface area contributed by atoms with E-state index in [0.717, 1.165) is 34.4 Å². The molecule has 0 bridgehead atoms. The first-order chi connectivity index (χ1) is 10.1. The minimum Gasteiger partial charge on any atom is -0.496 e. The Hall–Kier alpha value is -1.08. The molecule has 21 heavy (non-hydrogen) atoms. The molecule has 2 aromatic rings. The van der Waals surface area contributed by atoms with Crippen molar-refractivity contribution >= 4 is 27.5 Å². The van der Waals surface area contributed by atoms with Gasteiger partial charge in [0.05, 0.1) is 34.5 Å². The zero-order valence-electron chi connectivity index (χ0n) is 11.9. The summed E-state index contributed by atoms with van der Waals surface area (Å²) < 4.78 is 7.99. The summed E-state index contributed by atoms with van der Waals surface area (Å²) in [5, 5.41) is 4.90. The van der Waals surface area contributed by atoms with Crippen LogP contribution in [0.2, 0.25) is 5.02 Å². The molecule has 7 heteroatoms. The van der Waals surface area contributed by atoms with E-state index >= 15 is 0 Å². The second kappa shape index (κ2) is 7.26. The van der Waals surface area contributed by atoms with Gasteiger partial charge in [-0.2, -0.15) is 5.10 Å². The normalized spacial score (nSPS) is 12.4. The molecule has 0 amide bonds. The Bertz CT molecular complexity index is 617. The Morgan fingerprint density at radius 2 is 2.29 bits per heavy atom. The standard InChI is InChI=1S/C14H18BrClN4O/c1-3-6-20-14(11(16)8-18-20)13(19-17)9-4-5-12(21-2)10(15)7-9/h4-5,7-8,13,19H,3,6,17H2,1-2H3. The number of nitrogens with zero attached hydrogens (tertiary/aromatic N) is 2. The molecule has 0 aliphatic heterocycles. The molecule has 0 fully saturated rings. The molecule has 1 heterocycles. The highest BCUT2D eigenvalue weighted by atomic mass is 79.9. The molecule has 0 radical (unpaired) electrons. The molecule has 114 valence electrons. The number of benzene rings is 1. The number of nitrogens with two attached hydrogens (primary N) is 1. The molecule has 2 rings (SSSR count). The van der Waals surface area contributed by atoms with Crippen molar-refractivity contribution in [3.63, 3.8) is 0 Å². The summed E-state index contributed by atoms with van der Waals surface area (Å²) in [4.78, 5) is 0. The number of aryl methyl sites for hydroxylation is 1. The van der Waals surface area contributed by atoms with E-state index in [4.69, 9.17) is 22.2 Å². The van der Waals surface area contributed by atoms with E-state index in [2.05, 4.69) is 33.4 Å². The number of hydrazine groups is 1. The minimum atomic E-state index is -0.242. The van der Waals surface area contributed by atoms with Crippen molar-refractivity contribution in [1.29, 1.82) is 0 Å². The Morgan fingerprint density at radius 3 is 2.86 bits per heavy atom. The molecule has 1 aromatic carbocycles. The Kier molecular flexibility index (Phi) is 5.64. The van der Waals surface area contributed by atoms with Gasteiger partial charge in [-0.3, -0.25) is 10.5 Å². The topological polar surface area (TPSA) is 65.1 Å². The second-order valence-corrected chi connectivity index (χ2v) is 5.86. The molecule has 1 aromatic heterocycles. The fourth-order valence-corrected chi connectivity index (χ4v) is 3.05. The highest BCUT2D eigenvalue weighted by Crippen LogP contribution is 2.32. The van der Waals surface area contributed by atoms with Gasteiger partial charge in [-0.15, -0.1) is 0 Å². The summed E-state index contributed by atoms with van der Waals surface area (Å²) in [5.74, 6) is 6.52. The number of nitrogens with one attached hydrogen (secondary N) is 1. The van der Waals surface area contributed by atoms with E-state index in [-0.39, 0.29) is 6.04 Å². The average molecular weight is 374 g/mol. The van der Waals surface area contributed by atoms with Crippen LogP contribution in [0.4, 0.5) is 0 Å². The van der Waals surface area contributed by atoms with Crippen molar-refractivity contribution in [2.24, 2.45) is 5.84 Å². The van der Waals surface area contributed by atoms with Crippen molar-refractivity contribution in [3.05, 3.63) is 45.1 Å². The summed E-state index contributed by atoms with van der Waals surface area (Å²) in [7, 11) is 1.63. The first-order valence-electron chi connectivity index (χ1n) is 6.63. The number of ether oxygens (including phenoxy) is 1. The van der Waals surface area contributed by atoms with E-state index < -0.39 is 0 Å². The SMILES string of the molecule is CCCn1ncc(Cl)c1C(NN)c1ccc(OC)c(Br)c1. The third-order valence-electron chi connectivity index (χ3n) is 3.22. The molecule has 3 N–H and O–H groups in total. The van der Waals surface area contributed by atoms with Gasteiger partial charge in [-0.1, -0.05) is 24.6 Å². The molecule has 5 nitrogen and oxygen atoms in total. The van der Waals surface area contributed by atoms with Crippen molar-refractivity contribution in [1.82, 2.24) is 15.2 Å². The van der Waals surface area contributed by atoms with Crippen LogP contribution in [0.25, 0.3) is 0 Å². The lowest BCUT2D eigenvalue weighted by Gasteiger charge is -2.19. The van der Waals surface area contributed by atoms with Gasteiger partial charge in [0.1, 0.15) is 5.75 Å². The van der Waals surface area contributed by atoms with Crippen LogP contribution in [0, 0.1) is 0 Å². The highest BCUT2D eigenvalue weighted by molar-refractivity contribution is 9.10. The molecular formula is C14H18BrClN4O. The lowest BCUT2D eigenvalue weighted by Crippen LogP contribution is -2.31. The summed E-state index contributed by atoms with van der Waals surface area (Å²) in [6.07, 6.45) is 2.62.